The van der Waals surface area contributed by atoms with Gasteiger partial charge in [0.25, 0.3) is 5.69 Å². The van der Waals surface area contributed by atoms with E-state index in [-0.39, 0.29) is 16.8 Å². The van der Waals surface area contributed by atoms with E-state index in [1.807, 2.05) is 19.1 Å². The van der Waals surface area contributed by atoms with Crippen LogP contribution in [0, 0.1) is 35.1 Å². The zero-order chi connectivity index (χ0) is 26.0. The van der Waals surface area contributed by atoms with Crippen LogP contribution in [0.5, 0.6) is 0 Å². The second-order valence-electron chi connectivity index (χ2n) is 9.40. The maximum atomic E-state index is 12.9. The molecule has 1 atom stereocenters. The Morgan fingerprint density at radius 2 is 1.72 bits per heavy atom. The van der Waals surface area contributed by atoms with E-state index in [0.717, 1.165) is 68.0 Å². The van der Waals surface area contributed by atoms with Gasteiger partial charge in [-0.2, -0.15) is 0 Å². The molecule has 1 saturated heterocycles. The van der Waals surface area contributed by atoms with Crippen molar-refractivity contribution in [2.24, 2.45) is 0 Å². The molecule has 0 aromatic heterocycles. The van der Waals surface area contributed by atoms with Crippen LogP contribution in [0.4, 0.5) is 18.9 Å². The van der Waals surface area contributed by atoms with E-state index in [9.17, 15) is 23.3 Å². The molecule has 0 radical (unpaired) electrons. The molecule has 2 aromatic carbocycles. The fourth-order valence-electron chi connectivity index (χ4n) is 4.79. The number of allylic oxidation sites excluding steroid dienone is 1. The summed E-state index contributed by atoms with van der Waals surface area (Å²) < 4.78 is 40.9. The molecule has 36 heavy (non-hydrogen) atoms. The predicted octanol–water partition coefficient (Wildman–Crippen LogP) is 4.81. The number of hydrogen-bond donors (Lipinski definition) is 1. The maximum absolute atomic E-state index is 12.9. The van der Waals surface area contributed by atoms with Crippen LogP contribution in [0.25, 0.3) is 0 Å². The first-order valence-electron chi connectivity index (χ1n) is 11.8. The fourth-order valence-corrected chi connectivity index (χ4v) is 6.11. The van der Waals surface area contributed by atoms with Gasteiger partial charge in [-0.05, 0) is 0 Å². The van der Waals surface area contributed by atoms with Gasteiger partial charge in [-0.3, -0.25) is 10.1 Å². The molecule has 1 N–H and O–H groups in total. The SMILES string of the molecule is CC1=C(CN2CCC(N(C)Cc3ccc([N+](=O)[O-])cc3)CC2)N([At])C(c2ccc(C(F)(F)F)cc2)N1. The van der Waals surface area contributed by atoms with Crippen LogP contribution in [0.2, 0.25) is 0 Å². The number of piperidine rings is 1. The molecular formula is C25H29AtF3N5O2. The van der Waals surface area contributed by atoms with E-state index in [2.05, 4.69) is 25.0 Å². The topological polar surface area (TPSA) is 64.9 Å². The predicted molar refractivity (Wildman–Crippen MR) is 126 cm³/mol. The van der Waals surface area contributed by atoms with Gasteiger partial charge >= 0.3 is 204 Å². The van der Waals surface area contributed by atoms with Crippen molar-refractivity contribution in [3.63, 3.8) is 0 Å². The van der Waals surface area contributed by atoms with Gasteiger partial charge in [0.15, 0.2) is 0 Å². The summed E-state index contributed by atoms with van der Waals surface area (Å²) in [6.45, 7) is 5.48. The van der Waals surface area contributed by atoms with Gasteiger partial charge in [-0.25, -0.2) is 0 Å². The Balaban J connectivity index is 1.29. The molecule has 1 unspecified atom stereocenters. The van der Waals surface area contributed by atoms with Gasteiger partial charge in [0.05, 0.1) is 4.92 Å². The molecule has 0 aliphatic carbocycles. The molecule has 0 amide bonds. The number of non-ortho nitro benzene ring substituents is 1. The molecule has 2 aliphatic heterocycles. The zero-order valence-corrected chi connectivity index (χ0v) is 23.1. The minimum absolute atomic E-state index is 0.104. The molecule has 2 aliphatic rings. The number of nitrogens with one attached hydrogen (secondary N) is 1. The van der Waals surface area contributed by atoms with Gasteiger partial charge in [0.2, 0.25) is 0 Å². The van der Waals surface area contributed by atoms with E-state index in [4.69, 9.17) is 0 Å². The van der Waals surface area contributed by atoms with Gasteiger partial charge in [0.1, 0.15) is 0 Å². The van der Waals surface area contributed by atoms with Crippen molar-refractivity contribution < 1.29 is 43.1 Å². The molecule has 2 aromatic rings. The number of nitrogens with zero attached hydrogens (tertiary/aromatic N) is 4. The fraction of sp³-hybridized carbons (Fsp3) is 0.440. The number of benzene rings is 2. The van der Waals surface area contributed by atoms with Crippen molar-refractivity contribution in [3.05, 3.63) is 86.7 Å². The number of likely N-dealkylation sites (tertiary alicyclic amines) is 1. The first-order chi connectivity index (χ1) is 17.0. The van der Waals surface area contributed by atoms with Crippen molar-refractivity contribution in [2.75, 3.05) is 26.7 Å². The van der Waals surface area contributed by atoms with E-state index < -0.39 is 11.7 Å². The molecular weight excluding hydrogens is 669 g/mol. The Labute approximate surface area is 224 Å². The third kappa shape index (κ3) is 6.18. The zero-order valence-electron chi connectivity index (χ0n) is 20.1. The van der Waals surface area contributed by atoms with Gasteiger partial charge in [-0.1, -0.05) is 0 Å². The van der Waals surface area contributed by atoms with E-state index in [1.54, 1.807) is 24.3 Å². The Kier molecular flexibility index (Phi) is 8.22. The van der Waals surface area contributed by atoms with Crippen molar-refractivity contribution in [1.29, 1.82) is 0 Å². The van der Waals surface area contributed by atoms with Crippen molar-refractivity contribution >= 4 is 5.69 Å². The average Bonchev–Trinajstić information content (AvgIpc) is 3.12. The Morgan fingerprint density at radius 1 is 1.11 bits per heavy atom. The number of hydrogen-bond acceptors (Lipinski definition) is 6. The summed E-state index contributed by atoms with van der Waals surface area (Å²) in [5.41, 5.74) is 3.57. The molecule has 0 saturated carbocycles. The molecule has 0 bridgehead atoms. The monoisotopic (exact) mass is 698 g/mol. The third-order valence-electron chi connectivity index (χ3n) is 6.96. The van der Waals surface area contributed by atoms with Crippen LogP contribution in [0.3, 0.4) is 0 Å². The molecule has 4 rings (SSSR count). The molecule has 194 valence electrons. The summed E-state index contributed by atoms with van der Waals surface area (Å²) in [6.07, 6.45) is -2.44. The summed E-state index contributed by atoms with van der Waals surface area (Å²) in [5, 5.41) is 14.3. The summed E-state index contributed by atoms with van der Waals surface area (Å²) in [4.78, 5) is 15.2. The number of nitro groups is 1. The normalized spacial score (nSPS) is 19.8. The summed E-state index contributed by atoms with van der Waals surface area (Å²) in [5.74, 6) is 0. The van der Waals surface area contributed by atoms with Crippen molar-refractivity contribution in [3.8, 4) is 0 Å². The molecule has 1 fully saturated rings. The van der Waals surface area contributed by atoms with Gasteiger partial charge in [0, 0.05) is 0 Å². The van der Waals surface area contributed by atoms with Crippen molar-refractivity contribution in [2.45, 2.75) is 44.7 Å². The van der Waals surface area contributed by atoms with Crippen LogP contribution in [-0.4, -0.2) is 50.3 Å². The minimum atomic E-state index is -4.33. The van der Waals surface area contributed by atoms with Crippen LogP contribution in [0.1, 0.15) is 42.6 Å². The number of rotatable bonds is 7. The standard InChI is InChI=1S/C25H29AtF3N5O2/c1-17-23(33(26)24(30-17)19-5-7-20(8-6-19)25(27,28)29)16-32-13-11-21(12-14-32)31(2)15-18-3-9-22(10-4-18)34(35)36/h3-10,21,24,30H,11-16H2,1-2H3. The third-order valence-corrected chi connectivity index (χ3v) is 8.51. The first-order valence-corrected chi connectivity index (χ1v) is 13.1. The summed E-state index contributed by atoms with van der Waals surface area (Å²) in [6, 6.07) is 12.6. The van der Waals surface area contributed by atoms with Gasteiger partial charge < -0.3 is 0 Å². The second-order valence-corrected chi connectivity index (χ2v) is 10.8. The molecule has 11 heteroatoms. The van der Waals surface area contributed by atoms with Crippen LogP contribution >= 0.6 is 0 Å². The van der Waals surface area contributed by atoms with Crippen molar-refractivity contribution in [1.82, 2.24) is 18.0 Å². The van der Waals surface area contributed by atoms with Crippen LogP contribution in [-0.2, 0) is 12.7 Å². The Hall–Kier alpha value is -2.23. The van der Waals surface area contributed by atoms with Crippen LogP contribution in [0.15, 0.2) is 59.9 Å². The quantitative estimate of drug-likeness (QED) is 0.331. The second kappa shape index (κ2) is 11.0. The Bertz CT molecular complexity index is 1100. The van der Waals surface area contributed by atoms with E-state index in [0.29, 0.717) is 6.04 Å². The molecule has 7 nitrogen and oxygen atoms in total. The van der Waals surface area contributed by atoms with Crippen LogP contribution < -0.4 is 5.32 Å². The Morgan fingerprint density at radius 3 is 2.28 bits per heavy atom. The van der Waals surface area contributed by atoms with E-state index in [1.165, 1.54) is 30.7 Å². The average molecular weight is 699 g/mol. The number of nitro benzene ring substituents is 1. The molecule has 0 spiro atoms. The summed E-state index contributed by atoms with van der Waals surface area (Å²) >= 11 is 1.49. The van der Waals surface area contributed by atoms with E-state index >= 15 is 0 Å². The summed E-state index contributed by atoms with van der Waals surface area (Å²) in [7, 11) is 2.10. The molecule has 2 heterocycles. The number of alkyl halides is 3. The first kappa shape index (κ1) is 26.8. The van der Waals surface area contributed by atoms with Gasteiger partial charge in [-0.15, -0.1) is 0 Å². The number of halogens is 3.